The fourth-order valence-electron chi connectivity index (χ4n) is 2.20. The number of nitrogens with zero attached hydrogens (tertiary/aromatic N) is 2. The minimum absolute atomic E-state index is 0.0613. The molecule has 2 heterocycles. The summed E-state index contributed by atoms with van der Waals surface area (Å²) in [5.74, 6) is -0.0410. The number of piperidine rings is 1. The summed E-state index contributed by atoms with van der Waals surface area (Å²) in [7, 11) is 0. The molecular weight excluding hydrogens is 242 g/mol. The smallest absolute Gasteiger partial charge is 0.253 e. The van der Waals surface area contributed by atoms with Gasteiger partial charge < -0.3 is 10.2 Å². The van der Waals surface area contributed by atoms with E-state index in [9.17, 15) is 9.59 Å². The first-order chi connectivity index (χ1) is 9.16. The lowest BCUT2D eigenvalue weighted by Crippen LogP contribution is -2.35. The van der Waals surface area contributed by atoms with E-state index < -0.39 is 0 Å². The van der Waals surface area contributed by atoms with E-state index in [0.717, 1.165) is 25.9 Å². The summed E-state index contributed by atoms with van der Waals surface area (Å²) in [4.78, 5) is 29.2. The van der Waals surface area contributed by atoms with Gasteiger partial charge in [-0.3, -0.25) is 14.6 Å². The highest BCUT2D eigenvalue weighted by Gasteiger charge is 2.18. The Morgan fingerprint density at radius 1 is 1.32 bits per heavy atom. The fourth-order valence-corrected chi connectivity index (χ4v) is 2.20. The van der Waals surface area contributed by atoms with E-state index in [4.69, 9.17) is 0 Å². The molecule has 1 aromatic heterocycles. The molecule has 1 fully saturated rings. The number of carbonyl (C=O) groups is 2. The number of carbonyl (C=O) groups excluding carboxylic acids is 2. The Balaban J connectivity index is 2.04. The Morgan fingerprint density at radius 3 is 2.74 bits per heavy atom. The van der Waals surface area contributed by atoms with Gasteiger partial charge in [0.1, 0.15) is 0 Å². The van der Waals surface area contributed by atoms with Crippen molar-refractivity contribution in [3.8, 4) is 0 Å². The first-order valence-corrected chi connectivity index (χ1v) is 6.65. The average Bonchev–Trinajstić information content (AvgIpc) is 2.45. The standard InChI is InChI=1S/C14H19N3O2/c1-11(18)16-10-13-9-12(5-6-15-13)14(19)17-7-3-2-4-8-17/h5-6,9H,2-4,7-8,10H2,1H3,(H,16,18). The van der Waals surface area contributed by atoms with Crippen molar-refractivity contribution in [2.45, 2.75) is 32.7 Å². The van der Waals surface area contributed by atoms with Gasteiger partial charge in [-0.05, 0) is 31.4 Å². The second-order valence-electron chi connectivity index (χ2n) is 4.80. The highest BCUT2D eigenvalue weighted by Crippen LogP contribution is 2.13. The van der Waals surface area contributed by atoms with E-state index in [1.807, 2.05) is 4.90 Å². The molecule has 0 bridgehead atoms. The van der Waals surface area contributed by atoms with Crippen LogP contribution < -0.4 is 5.32 Å². The monoisotopic (exact) mass is 261 g/mol. The number of amides is 2. The maximum absolute atomic E-state index is 12.3. The maximum Gasteiger partial charge on any atom is 0.253 e. The van der Waals surface area contributed by atoms with Gasteiger partial charge in [0.15, 0.2) is 0 Å². The molecule has 1 aliphatic heterocycles. The number of pyridine rings is 1. The molecule has 1 saturated heterocycles. The predicted octanol–water partition coefficient (Wildman–Crippen LogP) is 1.34. The molecule has 1 aliphatic rings. The van der Waals surface area contributed by atoms with Crippen molar-refractivity contribution >= 4 is 11.8 Å². The van der Waals surface area contributed by atoms with Gasteiger partial charge in [-0.2, -0.15) is 0 Å². The van der Waals surface area contributed by atoms with E-state index in [-0.39, 0.29) is 11.8 Å². The van der Waals surface area contributed by atoms with Crippen LogP contribution in [-0.4, -0.2) is 34.8 Å². The molecule has 0 unspecified atom stereocenters. The molecule has 0 aliphatic carbocycles. The lowest BCUT2D eigenvalue weighted by atomic mass is 10.1. The predicted molar refractivity (Wildman–Crippen MR) is 71.5 cm³/mol. The molecule has 0 aromatic carbocycles. The Morgan fingerprint density at radius 2 is 2.05 bits per heavy atom. The Labute approximate surface area is 113 Å². The zero-order chi connectivity index (χ0) is 13.7. The van der Waals surface area contributed by atoms with E-state index in [1.54, 1.807) is 18.3 Å². The van der Waals surface area contributed by atoms with Crippen LogP contribution in [0.2, 0.25) is 0 Å². The molecule has 2 rings (SSSR count). The lowest BCUT2D eigenvalue weighted by molar-refractivity contribution is -0.119. The third-order valence-electron chi connectivity index (χ3n) is 3.23. The van der Waals surface area contributed by atoms with Crippen molar-refractivity contribution in [1.29, 1.82) is 0 Å². The highest BCUT2D eigenvalue weighted by molar-refractivity contribution is 5.94. The zero-order valence-electron chi connectivity index (χ0n) is 11.2. The number of likely N-dealkylation sites (tertiary alicyclic amines) is 1. The Hall–Kier alpha value is -1.91. The molecule has 102 valence electrons. The van der Waals surface area contributed by atoms with Crippen molar-refractivity contribution in [2.75, 3.05) is 13.1 Å². The minimum atomic E-state index is -0.102. The molecule has 1 aromatic rings. The first-order valence-electron chi connectivity index (χ1n) is 6.65. The average molecular weight is 261 g/mol. The summed E-state index contributed by atoms with van der Waals surface area (Å²) in [6, 6.07) is 3.49. The van der Waals surface area contributed by atoms with Gasteiger partial charge in [0.05, 0.1) is 12.2 Å². The molecule has 0 atom stereocenters. The summed E-state index contributed by atoms with van der Waals surface area (Å²) in [6.45, 7) is 3.49. The zero-order valence-corrected chi connectivity index (χ0v) is 11.2. The van der Waals surface area contributed by atoms with Crippen LogP contribution in [-0.2, 0) is 11.3 Å². The molecule has 0 radical (unpaired) electrons. The van der Waals surface area contributed by atoms with Gasteiger partial charge in [0, 0.05) is 31.8 Å². The van der Waals surface area contributed by atoms with Crippen LogP contribution in [0, 0.1) is 0 Å². The molecule has 1 N–H and O–H groups in total. The Kier molecular flexibility index (Phi) is 4.49. The normalized spacial score (nSPS) is 15.1. The van der Waals surface area contributed by atoms with Gasteiger partial charge in [0.25, 0.3) is 5.91 Å². The van der Waals surface area contributed by atoms with Crippen LogP contribution in [0.4, 0.5) is 0 Å². The van der Waals surface area contributed by atoms with Gasteiger partial charge in [-0.25, -0.2) is 0 Å². The van der Waals surface area contributed by atoms with Crippen LogP contribution >= 0.6 is 0 Å². The molecule has 0 spiro atoms. The quantitative estimate of drug-likeness (QED) is 0.893. The summed E-state index contributed by atoms with van der Waals surface area (Å²) in [6.07, 6.45) is 4.98. The number of hydrogen-bond donors (Lipinski definition) is 1. The summed E-state index contributed by atoms with van der Waals surface area (Å²) >= 11 is 0. The summed E-state index contributed by atoms with van der Waals surface area (Å²) in [5.41, 5.74) is 1.36. The van der Waals surface area contributed by atoms with Crippen molar-refractivity contribution in [2.24, 2.45) is 0 Å². The summed E-state index contributed by atoms with van der Waals surface area (Å²) < 4.78 is 0. The van der Waals surface area contributed by atoms with Gasteiger partial charge in [-0.15, -0.1) is 0 Å². The third kappa shape index (κ3) is 3.77. The van der Waals surface area contributed by atoms with E-state index >= 15 is 0 Å². The number of rotatable bonds is 3. The highest BCUT2D eigenvalue weighted by atomic mass is 16.2. The SMILES string of the molecule is CC(=O)NCc1cc(C(=O)N2CCCCC2)ccn1. The fraction of sp³-hybridized carbons (Fsp3) is 0.500. The van der Waals surface area contributed by atoms with Gasteiger partial charge in [-0.1, -0.05) is 0 Å². The molecule has 2 amide bonds. The van der Waals surface area contributed by atoms with Crippen molar-refractivity contribution in [3.63, 3.8) is 0 Å². The molecule has 19 heavy (non-hydrogen) atoms. The second-order valence-corrected chi connectivity index (χ2v) is 4.80. The molecule has 0 saturated carbocycles. The van der Waals surface area contributed by atoms with Crippen molar-refractivity contribution in [1.82, 2.24) is 15.2 Å². The van der Waals surface area contributed by atoms with E-state index in [2.05, 4.69) is 10.3 Å². The van der Waals surface area contributed by atoms with E-state index in [1.165, 1.54) is 13.3 Å². The summed E-state index contributed by atoms with van der Waals surface area (Å²) in [5, 5.41) is 2.68. The van der Waals surface area contributed by atoms with Crippen LogP contribution in [0.25, 0.3) is 0 Å². The number of nitrogens with one attached hydrogen (secondary N) is 1. The Bertz CT molecular complexity index is 468. The van der Waals surface area contributed by atoms with Crippen LogP contribution in [0.1, 0.15) is 42.2 Å². The van der Waals surface area contributed by atoms with Crippen LogP contribution in [0.3, 0.4) is 0 Å². The van der Waals surface area contributed by atoms with E-state index in [0.29, 0.717) is 17.8 Å². The number of aromatic nitrogens is 1. The van der Waals surface area contributed by atoms with Crippen LogP contribution in [0.5, 0.6) is 0 Å². The first kappa shape index (κ1) is 13.5. The molecule has 5 heteroatoms. The topological polar surface area (TPSA) is 62.3 Å². The number of hydrogen-bond acceptors (Lipinski definition) is 3. The van der Waals surface area contributed by atoms with Crippen LogP contribution in [0.15, 0.2) is 18.3 Å². The third-order valence-corrected chi connectivity index (χ3v) is 3.23. The maximum atomic E-state index is 12.3. The lowest BCUT2D eigenvalue weighted by Gasteiger charge is -2.26. The van der Waals surface area contributed by atoms with Crippen molar-refractivity contribution < 1.29 is 9.59 Å². The largest absolute Gasteiger partial charge is 0.351 e. The van der Waals surface area contributed by atoms with Crippen molar-refractivity contribution in [3.05, 3.63) is 29.6 Å². The molecular formula is C14H19N3O2. The molecule has 5 nitrogen and oxygen atoms in total. The second kappa shape index (κ2) is 6.31. The van der Waals surface area contributed by atoms with Gasteiger partial charge in [0.2, 0.25) is 5.91 Å². The minimum Gasteiger partial charge on any atom is -0.351 e. The van der Waals surface area contributed by atoms with Gasteiger partial charge >= 0.3 is 0 Å².